The molecule has 26 heavy (non-hydrogen) atoms. The number of amides is 1. The van der Waals surface area contributed by atoms with Gasteiger partial charge in [-0.05, 0) is 49.2 Å². The van der Waals surface area contributed by atoms with Crippen LogP contribution in [0.2, 0.25) is 0 Å². The molecular formula is C22H20N2O2. The number of carbonyl (C=O) groups excluding carboxylic acids is 1. The molecule has 4 aromatic rings. The van der Waals surface area contributed by atoms with Gasteiger partial charge in [-0.3, -0.25) is 4.79 Å². The lowest BCUT2D eigenvalue weighted by atomic mass is 10.1. The van der Waals surface area contributed by atoms with E-state index >= 15 is 0 Å². The zero-order chi connectivity index (χ0) is 18.1. The van der Waals surface area contributed by atoms with Gasteiger partial charge in [0, 0.05) is 28.0 Å². The molecule has 0 bridgehead atoms. The molecule has 0 fully saturated rings. The van der Waals surface area contributed by atoms with Crippen LogP contribution in [0.25, 0.3) is 21.8 Å². The van der Waals surface area contributed by atoms with E-state index in [2.05, 4.69) is 16.4 Å². The number of aromatic nitrogens is 1. The van der Waals surface area contributed by atoms with E-state index in [1.165, 1.54) is 5.39 Å². The lowest BCUT2D eigenvalue weighted by Gasteiger charge is -2.11. The van der Waals surface area contributed by atoms with Gasteiger partial charge >= 0.3 is 0 Å². The third-order valence-corrected chi connectivity index (χ3v) is 4.73. The quantitative estimate of drug-likeness (QED) is 0.550. The zero-order valence-corrected chi connectivity index (χ0v) is 14.8. The minimum absolute atomic E-state index is 0.0287. The summed E-state index contributed by atoms with van der Waals surface area (Å²) in [6.07, 6.45) is 0. The van der Waals surface area contributed by atoms with E-state index < -0.39 is 0 Å². The summed E-state index contributed by atoms with van der Waals surface area (Å²) in [7, 11) is 0. The number of nitrogens with one attached hydrogen (secondary N) is 2. The van der Waals surface area contributed by atoms with Crippen molar-refractivity contribution in [2.45, 2.75) is 13.8 Å². The van der Waals surface area contributed by atoms with Crippen molar-refractivity contribution in [2.24, 2.45) is 0 Å². The lowest BCUT2D eigenvalue weighted by molar-refractivity contribution is -0.118. The van der Waals surface area contributed by atoms with Gasteiger partial charge in [0.2, 0.25) is 0 Å². The summed E-state index contributed by atoms with van der Waals surface area (Å²) < 4.78 is 5.68. The molecule has 4 heteroatoms. The van der Waals surface area contributed by atoms with Crippen molar-refractivity contribution in [3.63, 3.8) is 0 Å². The van der Waals surface area contributed by atoms with Crippen LogP contribution in [0.5, 0.6) is 5.75 Å². The average Bonchev–Trinajstić information content (AvgIpc) is 3.01. The molecule has 1 heterocycles. The Morgan fingerprint density at radius 3 is 2.65 bits per heavy atom. The number of hydrogen-bond donors (Lipinski definition) is 2. The fourth-order valence-electron chi connectivity index (χ4n) is 3.15. The summed E-state index contributed by atoms with van der Waals surface area (Å²) in [5.74, 6) is 0.496. The monoisotopic (exact) mass is 344 g/mol. The van der Waals surface area contributed by atoms with E-state index in [1.54, 1.807) is 0 Å². The SMILES string of the molecule is Cc1cccc(NC(=O)COc2ccc3c(c2)[nH]c2ccccc23)c1C. The maximum Gasteiger partial charge on any atom is 0.262 e. The number of aromatic amines is 1. The fourth-order valence-corrected chi connectivity index (χ4v) is 3.15. The van der Waals surface area contributed by atoms with Crippen molar-refractivity contribution in [3.8, 4) is 5.75 Å². The first-order valence-corrected chi connectivity index (χ1v) is 8.61. The Balaban J connectivity index is 1.48. The molecule has 4 rings (SSSR count). The molecule has 1 amide bonds. The van der Waals surface area contributed by atoms with Crippen LogP contribution in [0.3, 0.4) is 0 Å². The van der Waals surface area contributed by atoms with Crippen molar-refractivity contribution < 1.29 is 9.53 Å². The van der Waals surface area contributed by atoms with Crippen LogP contribution in [-0.2, 0) is 4.79 Å². The van der Waals surface area contributed by atoms with Gasteiger partial charge in [-0.25, -0.2) is 0 Å². The summed E-state index contributed by atoms with van der Waals surface area (Å²) in [6, 6.07) is 19.9. The number of para-hydroxylation sites is 1. The number of hydrogen-bond acceptors (Lipinski definition) is 2. The number of H-pyrrole nitrogens is 1. The summed E-state index contributed by atoms with van der Waals surface area (Å²) >= 11 is 0. The van der Waals surface area contributed by atoms with E-state index in [9.17, 15) is 4.79 Å². The van der Waals surface area contributed by atoms with Gasteiger partial charge in [0.25, 0.3) is 5.91 Å². The second kappa shape index (κ2) is 6.56. The molecule has 0 aliphatic heterocycles. The van der Waals surface area contributed by atoms with E-state index in [-0.39, 0.29) is 12.5 Å². The summed E-state index contributed by atoms with van der Waals surface area (Å²) in [5.41, 5.74) is 5.13. The highest BCUT2D eigenvalue weighted by atomic mass is 16.5. The van der Waals surface area contributed by atoms with Crippen LogP contribution in [0.15, 0.2) is 60.7 Å². The molecular weight excluding hydrogens is 324 g/mol. The van der Waals surface area contributed by atoms with Crippen LogP contribution < -0.4 is 10.1 Å². The number of rotatable bonds is 4. The minimum Gasteiger partial charge on any atom is -0.484 e. The van der Waals surface area contributed by atoms with Crippen LogP contribution in [0, 0.1) is 13.8 Å². The van der Waals surface area contributed by atoms with Crippen molar-refractivity contribution in [1.29, 1.82) is 0 Å². The van der Waals surface area contributed by atoms with Gasteiger partial charge in [-0.1, -0.05) is 30.3 Å². The predicted molar refractivity (Wildman–Crippen MR) is 106 cm³/mol. The van der Waals surface area contributed by atoms with E-state index in [1.807, 2.05) is 68.4 Å². The Labute approximate surface area is 151 Å². The molecule has 1 aromatic heterocycles. The second-order valence-corrected chi connectivity index (χ2v) is 6.46. The summed E-state index contributed by atoms with van der Waals surface area (Å²) in [4.78, 5) is 15.6. The first-order valence-electron chi connectivity index (χ1n) is 8.61. The normalized spacial score (nSPS) is 11.0. The Morgan fingerprint density at radius 2 is 1.77 bits per heavy atom. The number of aryl methyl sites for hydroxylation is 1. The van der Waals surface area contributed by atoms with E-state index in [0.717, 1.165) is 33.2 Å². The van der Waals surface area contributed by atoms with Crippen LogP contribution in [0.1, 0.15) is 11.1 Å². The van der Waals surface area contributed by atoms with Gasteiger partial charge in [0.05, 0.1) is 5.52 Å². The molecule has 0 aliphatic carbocycles. The number of fused-ring (bicyclic) bond motifs is 3. The van der Waals surface area contributed by atoms with Gasteiger partial charge in [-0.15, -0.1) is 0 Å². The topological polar surface area (TPSA) is 54.1 Å². The molecule has 0 saturated carbocycles. The van der Waals surface area contributed by atoms with Crippen LogP contribution >= 0.6 is 0 Å². The summed E-state index contributed by atoms with van der Waals surface area (Å²) in [6.45, 7) is 3.99. The second-order valence-electron chi connectivity index (χ2n) is 6.46. The van der Waals surface area contributed by atoms with Gasteiger partial charge in [0.15, 0.2) is 6.61 Å². The average molecular weight is 344 g/mol. The van der Waals surface area contributed by atoms with Crippen molar-refractivity contribution in [1.82, 2.24) is 4.98 Å². The van der Waals surface area contributed by atoms with Gasteiger partial charge < -0.3 is 15.0 Å². The first kappa shape index (κ1) is 16.2. The Kier molecular flexibility index (Phi) is 4.09. The van der Waals surface area contributed by atoms with Gasteiger partial charge in [-0.2, -0.15) is 0 Å². The lowest BCUT2D eigenvalue weighted by Crippen LogP contribution is -2.20. The standard InChI is InChI=1S/C22H20N2O2/c1-14-6-5-9-19(15(14)2)24-22(25)13-26-16-10-11-18-17-7-3-4-8-20(17)23-21(18)12-16/h3-12,23H,13H2,1-2H3,(H,24,25). The zero-order valence-electron chi connectivity index (χ0n) is 14.8. The highest BCUT2D eigenvalue weighted by molar-refractivity contribution is 6.07. The molecule has 4 nitrogen and oxygen atoms in total. The Hall–Kier alpha value is -3.27. The maximum absolute atomic E-state index is 12.2. The largest absolute Gasteiger partial charge is 0.484 e. The molecule has 0 unspecified atom stereocenters. The third-order valence-electron chi connectivity index (χ3n) is 4.73. The minimum atomic E-state index is -0.171. The van der Waals surface area contributed by atoms with Crippen LogP contribution in [0.4, 0.5) is 5.69 Å². The van der Waals surface area contributed by atoms with E-state index in [4.69, 9.17) is 4.74 Å². The smallest absolute Gasteiger partial charge is 0.262 e. The van der Waals surface area contributed by atoms with Crippen LogP contribution in [-0.4, -0.2) is 17.5 Å². The highest BCUT2D eigenvalue weighted by Gasteiger charge is 2.09. The van der Waals surface area contributed by atoms with Crippen molar-refractivity contribution >= 4 is 33.4 Å². The van der Waals surface area contributed by atoms with Crippen molar-refractivity contribution in [3.05, 3.63) is 71.8 Å². The summed E-state index contributed by atoms with van der Waals surface area (Å²) in [5, 5.41) is 5.24. The maximum atomic E-state index is 12.2. The fraction of sp³-hybridized carbons (Fsp3) is 0.136. The van der Waals surface area contributed by atoms with E-state index in [0.29, 0.717) is 5.75 Å². The Bertz CT molecular complexity index is 1110. The number of carbonyl (C=O) groups is 1. The third kappa shape index (κ3) is 3.02. The molecule has 0 spiro atoms. The number of benzene rings is 3. The molecule has 130 valence electrons. The molecule has 0 aliphatic rings. The Morgan fingerprint density at radius 1 is 0.962 bits per heavy atom. The number of anilines is 1. The highest BCUT2D eigenvalue weighted by Crippen LogP contribution is 2.28. The predicted octanol–water partition coefficient (Wildman–Crippen LogP) is 4.96. The molecule has 0 radical (unpaired) electrons. The van der Waals surface area contributed by atoms with Crippen molar-refractivity contribution in [2.75, 3.05) is 11.9 Å². The molecule has 2 N–H and O–H groups in total. The molecule has 0 saturated heterocycles. The molecule has 0 atom stereocenters. The first-order chi connectivity index (χ1) is 12.6. The number of ether oxygens (including phenoxy) is 1. The van der Waals surface area contributed by atoms with Gasteiger partial charge in [0.1, 0.15) is 5.75 Å². The molecule has 3 aromatic carbocycles.